The smallest absolute Gasteiger partial charge is 0.299 e. The highest BCUT2D eigenvalue weighted by atomic mass is 19.1. The fourth-order valence-electron chi connectivity index (χ4n) is 3.41. The number of rotatable bonds is 9. The zero-order valence-electron chi connectivity index (χ0n) is 18.8. The van der Waals surface area contributed by atoms with Gasteiger partial charge < -0.3 is 20.7 Å². The van der Waals surface area contributed by atoms with E-state index < -0.39 is 27.0 Å². The number of nitrogens with zero attached hydrogens (tertiary/aromatic N) is 3. The van der Waals surface area contributed by atoms with Gasteiger partial charge in [0.2, 0.25) is 5.88 Å². The minimum Gasteiger partial charge on any atom is -0.480 e. The number of nitro benzene ring substituents is 2. The summed E-state index contributed by atoms with van der Waals surface area (Å²) in [5.41, 5.74) is 0.908. The van der Waals surface area contributed by atoms with Crippen LogP contribution in [0.1, 0.15) is 0 Å². The highest BCUT2D eigenvalue weighted by Crippen LogP contribution is 2.41. The van der Waals surface area contributed by atoms with Crippen molar-refractivity contribution in [1.82, 2.24) is 4.98 Å². The van der Waals surface area contributed by atoms with Gasteiger partial charge in [-0.1, -0.05) is 12.1 Å². The molecule has 0 aliphatic heterocycles. The van der Waals surface area contributed by atoms with Gasteiger partial charge >= 0.3 is 0 Å². The average molecular weight is 490 g/mol. The predicted molar refractivity (Wildman–Crippen MR) is 133 cm³/mol. The lowest BCUT2D eigenvalue weighted by atomic mass is 10.1. The number of hydrogen-bond donors (Lipinski definition) is 3. The monoisotopic (exact) mass is 490 g/mol. The number of nitrogens with one attached hydrogen (secondary N) is 3. The van der Waals surface area contributed by atoms with E-state index in [0.29, 0.717) is 22.7 Å². The first-order valence-corrected chi connectivity index (χ1v) is 10.5. The summed E-state index contributed by atoms with van der Waals surface area (Å²) in [4.78, 5) is 26.2. The fraction of sp³-hybridized carbons (Fsp3) is 0.0417. The van der Waals surface area contributed by atoms with Gasteiger partial charge in [-0.05, 0) is 54.6 Å². The SMILES string of the molecule is COc1ncccc1Nc1cc(Nc2ccccc2Nc2ccc(F)cc2)c([N+](=O)[O-])cc1[N+](=O)[O-]. The summed E-state index contributed by atoms with van der Waals surface area (Å²) >= 11 is 0. The van der Waals surface area contributed by atoms with Gasteiger partial charge in [0.25, 0.3) is 11.4 Å². The van der Waals surface area contributed by atoms with E-state index in [0.717, 1.165) is 6.07 Å². The fourth-order valence-corrected chi connectivity index (χ4v) is 3.41. The van der Waals surface area contributed by atoms with Crippen LogP contribution in [-0.2, 0) is 0 Å². The predicted octanol–water partition coefficient (Wildman–Crippen LogP) is 6.28. The first-order valence-electron chi connectivity index (χ1n) is 10.5. The van der Waals surface area contributed by atoms with Crippen LogP contribution in [0.4, 0.5) is 49.9 Å². The number of hydrogen-bond acceptors (Lipinski definition) is 9. The van der Waals surface area contributed by atoms with E-state index in [1.807, 2.05) is 0 Å². The summed E-state index contributed by atoms with van der Waals surface area (Å²) in [6.45, 7) is 0. The summed E-state index contributed by atoms with van der Waals surface area (Å²) in [5.74, 6) is -0.202. The van der Waals surface area contributed by atoms with Gasteiger partial charge in [-0.3, -0.25) is 20.2 Å². The summed E-state index contributed by atoms with van der Waals surface area (Å²) in [6, 6.07) is 17.9. The average Bonchev–Trinajstić information content (AvgIpc) is 2.86. The largest absolute Gasteiger partial charge is 0.480 e. The molecule has 0 fully saturated rings. The van der Waals surface area contributed by atoms with Crippen molar-refractivity contribution < 1.29 is 19.0 Å². The first kappa shape index (κ1) is 23.9. The highest BCUT2D eigenvalue weighted by Gasteiger charge is 2.26. The Morgan fingerprint density at radius 1 is 0.750 bits per heavy atom. The van der Waals surface area contributed by atoms with Crippen LogP contribution in [0.3, 0.4) is 0 Å². The van der Waals surface area contributed by atoms with Crippen LogP contribution in [-0.4, -0.2) is 21.9 Å². The van der Waals surface area contributed by atoms with Crippen molar-refractivity contribution in [2.75, 3.05) is 23.1 Å². The van der Waals surface area contributed by atoms with Crippen molar-refractivity contribution in [2.45, 2.75) is 0 Å². The number of methoxy groups -OCH3 is 1. The minimum atomic E-state index is -0.716. The van der Waals surface area contributed by atoms with Crippen molar-refractivity contribution in [1.29, 1.82) is 0 Å². The molecule has 0 unspecified atom stereocenters. The summed E-state index contributed by atoms with van der Waals surface area (Å²) in [7, 11) is 1.40. The zero-order valence-corrected chi connectivity index (χ0v) is 18.8. The van der Waals surface area contributed by atoms with Gasteiger partial charge in [-0.25, -0.2) is 9.37 Å². The van der Waals surface area contributed by atoms with Crippen LogP contribution in [0, 0.1) is 26.0 Å². The lowest BCUT2D eigenvalue weighted by Gasteiger charge is -2.16. The van der Waals surface area contributed by atoms with Crippen LogP contribution >= 0.6 is 0 Å². The number of anilines is 6. The Balaban J connectivity index is 1.76. The van der Waals surface area contributed by atoms with E-state index in [9.17, 15) is 24.6 Å². The van der Waals surface area contributed by atoms with E-state index in [1.54, 1.807) is 48.5 Å². The van der Waals surface area contributed by atoms with Crippen molar-refractivity contribution in [3.8, 4) is 5.88 Å². The summed E-state index contributed by atoms with van der Waals surface area (Å²) < 4.78 is 18.5. The molecule has 4 rings (SSSR count). The molecule has 4 aromatic rings. The quantitative estimate of drug-likeness (QED) is 0.182. The molecule has 1 aromatic heterocycles. The molecule has 0 atom stereocenters. The lowest BCUT2D eigenvalue weighted by molar-refractivity contribution is -0.393. The first-order chi connectivity index (χ1) is 17.4. The second-order valence-corrected chi connectivity index (χ2v) is 7.39. The maximum absolute atomic E-state index is 13.3. The van der Waals surface area contributed by atoms with Crippen LogP contribution in [0.2, 0.25) is 0 Å². The van der Waals surface area contributed by atoms with Crippen molar-refractivity contribution in [2.24, 2.45) is 0 Å². The van der Waals surface area contributed by atoms with Gasteiger partial charge in [0, 0.05) is 11.9 Å². The molecule has 0 bridgehead atoms. The molecule has 3 aromatic carbocycles. The Morgan fingerprint density at radius 3 is 1.89 bits per heavy atom. The van der Waals surface area contributed by atoms with Crippen LogP contribution < -0.4 is 20.7 Å². The third-order valence-corrected chi connectivity index (χ3v) is 5.06. The third kappa shape index (κ3) is 5.28. The Morgan fingerprint density at radius 2 is 1.31 bits per heavy atom. The number of nitro groups is 2. The molecule has 0 saturated heterocycles. The molecule has 12 heteroatoms. The molecule has 0 aliphatic rings. The van der Waals surface area contributed by atoms with Gasteiger partial charge in [0.1, 0.15) is 22.9 Å². The van der Waals surface area contributed by atoms with Gasteiger partial charge in [0.05, 0.1) is 34.4 Å². The van der Waals surface area contributed by atoms with Gasteiger partial charge in [-0.15, -0.1) is 0 Å². The van der Waals surface area contributed by atoms with E-state index >= 15 is 0 Å². The molecule has 3 N–H and O–H groups in total. The Hall–Kier alpha value is -5.26. The van der Waals surface area contributed by atoms with Crippen LogP contribution in [0.5, 0.6) is 5.88 Å². The Labute approximate surface area is 203 Å². The highest BCUT2D eigenvalue weighted by molar-refractivity contribution is 5.86. The second-order valence-electron chi connectivity index (χ2n) is 7.39. The van der Waals surface area contributed by atoms with E-state index in [-0.39, 0.29) is 17.3 Å². The molecule has 0 radical (unpaired) electrons. The molecule has 182 valence electrons. The zero-order chi connectivity index (χ0) is 25.7. The number of pyridine rings is 1. The standard InChI is InChI=1S/C24H19FN6O5/c1-36-24-19(7-4-12-26-24)29-21-13-20(22(30(32)33)14-23(21)31(34)35)28-18-6-3-2-5-17(18)27-16-10-8-15(25)9-11-16/h2-14,27-29H,1H3. The molecule has 0 spiro atoms. The second kappa shape index (κ2) is 10.3. The number of para-hydroxylation sites is 2. The number of benzene rings is 3. The van der Waals surface area contributed by atoms with E-state index in [1.165, 1.54) is 31.5 Å². The summed E-state index contributed by atoms with van der Waals surface area (Å²) in [6.07, 6.45) is 1.49. The minimum absolute atomic E-state index is 0.00399. The molecule has 1 heterocycles. The molecule has 0 aliphatic carbocycles. The molecule has 0 amide bonds. The van der Waals surface area contributed by atoms with Gasteiger partial charge in [-0.2, -0.15) is 0 Å². The number of aromatic nitrogens is 1. The van der Waals surface area contributed by atoms with Crippen LogP contribution in [0.15, 0.2) is 79.0 Å². The molecule has 11 nitrogen and oxygen atoms in total. The molecule has 36 heavy (non-hydrogen) atoms. The molecule has 0 saturated carbocycles. The van der Waals surface area contributed by atoms with E-state index in [4.69, 9.17) is 4.74 Å². The lowest BCUT2D eigenvalue weighted by Crippen LogP contribution is -2.04. The van der Waals surface area contributed by atoms with Crippen molar-refractivity contribution in [3.63, 3.8) is 0 Å². The third-order valence-electron chi connectivity index (χ3n) is 5.06. The van der Waals surface area contributed by atoms with Crippen LogP contribution in [0.25, 0.3) is 0 Å². The molecular weight excluding hydrogens is 471 g/mol. The van der Waals surface area contributed by atoms with E-state index in [2.05, 4.69) is 20.9 Å². The maximum atomic E-state index is 13.3. The Kier molecular flexibility index (Phi) is 6.86. The number of ether oxygens (including phenoxy) is 1. The number of halogens is 1. The molecular formula is C24H19FN6O5. The topological polar surface area (TPSA) is 144 Å². The normalized spacial score (nSPS) is 10.4. The van der Waals surface area contributed by atoms with Crippen molar-refractivity contribution >= 4 is 45.5 Å². The Bertz CT molecular complexity index is 1430. The maximum Gasteiger partial charge on any atom is 0.299 e. The van der Waals surface area contributed by atoms with Crippen molar-refractivity contribution in [3.05, 3.63) is 105 Å². The van der Waals surface area contributed by atoms with Gasteiger partial charge in [0.15, 0.2) is 0 Å². The summed E-state index contributed by atoms with van der Waals surface area (Å²) in [5, 5.41) is 32.5.